The van der Waals surface area contributed by atoms with E-state index in [4.69, 9.17) is 4.42 Å². The lowest BCUT2D eigenvalue weighted by atomic mass is 10.0. The van der Waals surface area contributed by atoms with Crippen molar-refractivity contribution in [3.05, 3.63) is 194 Å². The Kier molecular flexibility index (Phi) is 7.33. The number of hydrogen-bond acceptors (Lipinski definition) is 4. The summed E-state index contributed by atoms with van der Waals surface area (Å²) < 4.78 is 9.04. The number of rotatable bonds is 7. The van der Waals surface area contributed by atoms with Gasteiger partial charge in [0.2, 0.25) is 0 Å². The summed E-state index contributed by atoms with van der Waals surface area (Å²) in [5, 5.41) is 4.73. The van der Waals surface area contributed by atoms with Gasteiger partial charge < -0.3 is 14.2 Å². The second-order valence-corrected chi connectivity index (χ2v) is 14.1. The van der Waals surface area contributed by atoms with Gasteiger partial charge in [0, 0.05) is 65.1 Å². The van der Waals surface area contributed by atoms with Crippen molar-refractivity contribution in [2.45, 2.75) is 0 Å². The second kappa shape index (κ2) is 12.6. The molecular weight excluding hydrogens is 653 g/mol. The molecule has 0 aliphatic carbocycles. The van der Waals surface area contributed by atoms with E-state index in [0.717, 1.165) is 56.1 Å². The fourth-order valence-corrected chi connectivity index (χ4v) is 8.51. The zero-order valence-corrected chi connectivity index (χ0v) is 29.0. The molecule has 10 aromatic rings. The van der Waals surface area contributed by atoms with Crippen LogP contribution in [0.25, 0.3) is 53.2 Å². The Bertz CT molecular complexity index is 2800. The first-order chi connectivity index (χ1) is 25.8. The fraction of sp³-hybridized carbons (Fsp3) is 0. The Morgan fingerprint density at radius 1 is 0.308 bits per heavy atom. The SMILES string of the molecule is c1ccc(-c2ccc(N(c3ccc4c(c3)sc3ccccc34)c3ccc4oc5ccc(N(c6ccccc6)c6ccccc6)cc5c4c3)cc2)cc1. The highest BCUT2D eigenvalue weighted by Crippen LogP contribution is 2.44. The zero-order chi connectivity index (χ0) is 34.4. The molecule has 0 atom stereocenters. The van der Waals surface area contributed by atoms with Gasteiger partial charge in [-0.3, -0.25) is 0 Å². The van der Waals surface area contributed by atoms with Crippen LogP contribution in [0.4, 0.5) is 34.1 Å². The summed E-state index contributed by atoms with van der Waals surface area (Å²) in [5.74, 6) is 0. The number of thiophene rings is 1. The first-order valence-corrected chi connectivity index (χ1v) is 18.3. The summed E-state index contributed by atoms with van der Waals surface area (Å²) >= 11 is 1.84. The molecule has 0 amide bonds. The first kappa shape index (κ1) is 30.2. The van der Waals surface area contributed by atoms with Crippen LogP contribution < -0.4 is 9.80 Å². The largest absolute Gasteiger partial charge is 0.456 e. The van der Waals surface area contributed by atoms with Crippen molar-refractivity contribution < 1.29 is 4.42 Å². The van der Waals surface area contributed by atoms with Gasteiger partial charge in [-0.2, -0.15) is 0 Å². The van der Waals surface area contributed by atoms with Gasteiger partial charge >= 0.3 is 0 Å². The molecule has 0 fully saturated rings. The average molecular weight is 685 g/mol. The molecule has 0 bridgehead atoms. The van der Waals surface area contributed by atoms with Crippen LogP contribution in [0, 0.1) is 0 Å². The van der Waals surface area contributed by atoms with Crippen molar-refractivity contribution in [1.82, 2.24) is 0 Å². The maximum Gasteiger partial charge on any atom is 0.135 e. The summed E-state index contributed by atoms with van der Waals surface area (Å²) in [7, 11) is 0. The minimum atomic E-state index is 0.862. The summed E-state index contributed by atoms with van der Waals surface area (Å²) in [4.78, 5) is 4.66. The lowest BCUT2D eigenvalue weighted by molar-refractivity contribution is 0.669. The Hall–Kier alpha value is -6.62. The number of fused-ring (bicyclic) bond motifs is 6. The zero-order valence-electron chi connectivity index (χ0n) is 28.2. The third kappa shape index (κ3) is 5.29. The van der Waals surface area contributed by atoms with Crippen LogP contribution in [0.15, 0.2) is 199 Å². The first-order valence-electron chi connectivity index (χ1n) is 17.5. The van der Waals surface area contributed by atoms with E-state index < -0.39 is 0 Å². The highest BCUT2D eigenvalue weighted by atomic mass is 32.1. The van der Waals surface area contributed by atoms with E-state index >= 15 is 0 Å². The van der Waals surface area contributed by atoms with E-state index in [9.17, 15) is 0 Å². The predicted octanol–water partition coefficient (Wildman–Crippen LogP) is 14.6. The van der Waals surface area contributed by atoms with Crippen LogP contribution in [-0.2, 0) is 0 Å². The second-order valence-electron chi connectivity index (χ2n) is 13.0. The van der Waals surface area contributed by atoms with E-state index in [2.05, 4.69) is 204 Å². The number of benzene rings is 8. The van der Waals surface area contributed by atoms with Crippen LogP contribution in [0.5, 0.6) is 0 Å². The number of hydrogen-bond donors (Lipinski definition) is 0. The molecule has 0 saturated heterocycles. The minimum Gasteiger partial charge on any atom is -0.456 e. The van der Waals surface area contributed by atoms with E-state index in [1.54, 1.807) is 0 Å². The maximum atomic E-state index is 6.47. The van der Waals surface area contributed by atoms with Crippen molar-refractivity contribution in [1.29, 1.82) is 0 Å². The minimum absolute atomic E-state index is 0.862. The Morgan fingerprint density at radius 3 is 1.38 bits per heavy atom. The van der Waals surface area contributed by atoms with Gasteiger partial charge in [0.1, 0.15) is 11.2 Å². The number of nitrogens with zero attached hydrogens (tertiary/aromatic N) is 2. The molecule has 52 heavy (non-hydrogen) atoms. The highest BCUT2D eigenvalue weighted by Gasteiger charge is 2.19. The normalized spacial score (nSPS) is 11.5. The van der Waals surface area contributed by atoms with E-state index in [1.165, 1.54) is 31.3 Å². The molecule has 4 heteroatoms. The molecule has 10 rings (SSSR count). The summed E-state index contributed by atoms with van der Waals surface area (Å²) in [5.41, 5.74) is 10.7. The predicted molar refractivity (Wildman–Crippen MR) is 221 cm³/mol. The maximum absolute atomic E-state index is 6.47. The van der Waals surface area contributed by atoms with Crippen molar-refractivity contribution in [3.63, 3.8) is 0 Å². The lowest BCUT2D eigenvalue weighted by Crippen LogP contribution is -2.10. The van der Waals surface area contributed by atoms with Gasteiger partial charge in [-0.05, 0) is 102 Å². The molecule has 2 heterocycles. The third-order valence-electron chi connectivity index (χ3n) is 9.83. The summed E-state index contributed by atoms with van der Waals surface area (Å²) in [6.07, 6.45) is 0. The molecule has 246 valence electrons. The number of anilines is 6. The molecule has 0 aliphatic rings. The van der Waals surface area contributed by atoms with Gasteiger partial charge in [-0.25, -0.2) is 0 Å². The Labute approximate surface area is 305 Å². The van der Waals surface area contributed by atoms with Gasteiger partial charge in [0.25, 0.3) is 0 Å². The Morgan fingerprint density at radius 2 is 0.750 bits per heavy atom. The quantitative estimate of drug-likeness (QED) is 0.167. The van der Waals surface area contributed by atoms with Crippen molar-refractivity contribution in [2.75, 3.05) is 9.80 Å². The molecule has 0 unspecified atom stereocenters. The fourth-order valence-electron chi connectivity index (χ4n) is 7.37. The van der Waals surface area contributed by atoms with Crippen LogP contribution in [0.1, 0.15) is 0 Å². The molecule has 0 radical (unpaired) electrons. The van der Waals surface area contributed by atoms with Gasteiger partial charge in [-0.15, -0.1) is 11.3 Å². The average Bonchev–Trinajstić information content (AvgIpc) is 3.77. The van der Waals surface area contributed by atoms with Crippen molar-refractivity contribution in [2.24, 2.45) is 0 Å². The Balaban J connectivity index is 1.14. The molecule has 0 N–H and O–H groups in total. The van der Waals surface area contributed by atoms with Crippen LogP contribution in [0.2, 0.25) is 0 Å². The molecule has 0 aliphatic heterocycles. The van der Waals surface area contributed by atoms with Gasteiger partial charge in [0.05, 0.1) is 0 Å². The molecular formula is C48H32N2OS. The highest BCUT2D eigenvalue weighted by molar-refractivity contribution is 7.25. The lowest BCUT2D eigenvalue weighted by Gasteiger charge is -2.26. The molecule has 2 aromatic heterocycles. The molecule has 3 nitrogen and oxygen atoms in total. The van der Waals surface area contributed by atoms with Gasteiger partial charge in [0.15, 0.2) is 0 Å². The number of furan rings is 1. The summed E-state index contributed by atoms with van der Waals surface area (Å²) in [6, 6.07) is 69.1. The summed E-state index contributed by atoms with van der Waals surface area (Å²) in [6.45, 7) is 0. The van der Waals surface area contributed by atoms with Crippen molar-refractivity contribution >= 4 is 87.6 Å². The third-order valence-corrected chi connectivity index (χ3v) is 11.0. The van der Waals surface area contributed by atoms with Crippen molar-refractivity contribution in [3.8, 4) is 11.1 Å². The topological polar surface area (TPSA) is 19.6 Å². The van der Waals surface area contributed by atoms with E-state index in [1.807, 2.05) is 11.3 Å². The molecule has 0 spiro atoms. The van der Waals surface area contributed by atoms with Crippen LogP contribution in [-0.4, -0.2) is 0 Å². The number of para-hydroxylation sites is 2. The van der Waals surface area contributed by atoms with Gasteiger partial charge in [-0.1, -0.05) is 103 Å². The monoisotopic (exact) mass is 684 g/mol. The van der Waals surface area contributed by atoms with Crippen LogP contribution in [0.3, 0.4) is 0 Å². The van der Waals surface area contributed by atoms with Crippen LogP contribution >= 0.6 is 11.3 Å². The molecule has 0 saturated carbocycles. The smallest absolute Gasteiger partial charge is 0.135 e. The van der Waals surface area contributed by atoms with E-state index in [0.29, 0.717) is 0 Å². The molecule has 8 aromatic carbocycles. The van der Waals surface area contributed by atoms with E-state index in [-0.39, 0.29) is 0 Å². The standard InChI is InChI=1S/C48H32N2OS/c1-4-12-33(13-5-1)34-20-22-37(23-21-34)50(40-24-27-42-41-18-10-11-19-47(41)52-48(42)32-40)39-26-29-46-44(31-39)43-30-38(25-28-45(43)51-46)49(35-14-6-2-7-15-35)36-16-8-3-9-17-36/h1-32H.